The van der Waals surface area contributed by atoms with Crippen molar-refractivity contribution in [2.45, 2.75) is 26.2 Å². The van der Waals surface area contributed by atoms with Crippen LogP contribution in [0, 0.1) is 5.41 Å². The van der Waals surface area contributed by atoms with Gasteiger partial charge < -0.3 is 20.5 Å². The first kappa shape index (κ1) is 24.0. The molecule has 35 heavy (non-hydrogen) atoms. The summed E-state index contributed by atoms with van der Waals surface area (Å²) in [6.45, 7) is 3.86. The van der Waals surface area contributed by atoms with Gasteiger partial charge in [-0.3, -0.25) is 4.79 Å². The van der Waals surface area contributed by atoms with Gasteiger partial charge in [-0.25, -0.2) is 9.59 Å². The van der Waals surface area contributed by atoms with Gasteiger partial charge in [0.1, 0.15) is 6.61 Å². The summed E-state index contributed by atoms with van der Waals surface area (Å²) < 4.78 is 5.57. The first-order valence-electron chi connectivity index (χ1n) is 11.6. The number of carbonyl (C=O) groups is 3. The Labute approximate surface area is 204 Å². The fourth-order valence-corrected chi connectivity index (χ4v) is 4.29. The van der Waals surface area contributed by atoms with Crippen LogP contribution in [0.2, 0.25) is 0 Å². The highest BCUT2D eigenvalue weighted by Crippen LogP contribution is 2.44. The van der Waals surface area contributed by atoms with E-state index in [1.165, 1.54) is 12.1 Å². The van der Waals surface area contributed by atoms with E-state index in [1.807, 2.05) is 31.2 Å². The Morgan fingerprint density at radius 2 is 1.57 bits per heavy atom. The van der Waals surface area contributed by atoms with Gasteiger partial charge >= 0.3 is 12.1 Å². The molecule has 1 aliphatic carbocycles. The van der Waals surface area contributed by atoms with Crippen LogP contribution in [0.15, 0.2) is 72.8 Å². The third kappa shape index (κ3) is 5.04. The first-order valence-corrected chi connectivity index (χ1v) is 11.6. The molecule has 0 spiro atoms. The number of carboxylic acid groups (broad SMARTS) is 1. The molecule has 0 bridgehead atoms. The molecule has 0 heterocycles. The monoisotopic (exact) mass is 472 g/mol. The van der Waals surface area contributed by atoms with Crippen molar-refractivity contribution in [1.82, 2.24) is 5.32 Å². The van der Waals surface area contributed by atoms with Crippen molar-refractivity contribution in [3.63, 3.8) is 0 Å². The number of hydrogen-bond acceptors (Lipinski definition) is 4. The molecule has 7 nitrogen and oxygen atoms in total. The smallest absolute Gasteiger partial charge is 0.407 e. The lowest BCUT2D eigenvalue weighted by molar-refractivity contribution is -0.124. The van der Waals surface area contributed by atoms with Crippen LogP contribution in [0.1, 0.15) is 47.7 Å². The number of alkyl carbamates (subject to hydrolysis) is 1. The second kappa shape index (κ2) is 10.0. The van der Waals surface area contributed by atoms with Crippen LogP contribution in [0.4, 0.5) is 10.5 Å². The maximum absolute atomic E-state index is 13.0. The van der Waals surface area contributed by atoms with Gasteiger partial charge in [-0.2, -0.15) is 0 Å². The second-order valence-electron chi connectivity index (χ2n) is 8.93. The molecule has 3 N–H and O–H groups in total. The van der Waals surface area contributed by atoms with Crippen molar-refractivity contribution in [3.8, 4) is 11.1 Å². The molecule has 1 unspecified atom stereocenters. The zero-order valence-electron chi connectivity index (χ0n) is 19.7. The van der Waals surface area contributed by atoms with Crippen LogP contribution in [-0.2, 0) is 9.53 Å². The topological polar surface area (TPSA) is 105 Å². The molecule has 0 saturated carbocycles. The lowest BCUT2D eigenvalue weighted by Crippen LogP contribution is -2.43. The summed E-state index contributed by atoms with van der Waals surface area (Å²) in [6.07, 6.45) is -0.131. The lowest BCUT2D eigenvalue weighted by Gasteiger charge is -2.27. The molecule has 2 amide bonds. The average molecular weight is 473 g/mol. The Kier molecular flexibility index (Phi) is 6.87. The molecule has 3 aromatic rings. The van der Waals surface area contributed by atoms with Crippen molar-refractivity contribution in [1.29, 1.82) is 0 Å². The molecular formula is C28H28N2O5. The normalized spacial score (nSPS) is 13.8. The molecule has 7 heteroatoms. The number of amides is 2. The maximum atomic E-state index is 13.0. The molecule has 0 aromatic heterocycles. The predicted octanol–water partition coefficient (Wildman–Crippen LogP) is 5.28. The third-order valence-electron chi connectivity index (χ3n) is 6.66. The van der Waals surface area contributed by atoms with E-state index in [0.717, 1.165) is 22.3 Å². The highest BCUT2D eigenvalue weighted by molar-refractivity contribution is 5.97. The fraction of sp³-hybridized carbons (Fsp3) is 0.250. The fourth-order valence-electron chi connectivity index (χ4n) is 4.29. The molecule has 0 radical (unpaired) electrons. The largest absolute Gasteiger partial charge is 0.478 e. The quantitative estimate of drug-likeness (QED) is 0.414. The predicted molar refractivity (Wildman–Crippen MR) is 134 cm³/mol. The van der Waals surface area contributed by atoms with Gasteiger partial charge in [0, 0.05) is 18.2 Å². The second-order valence-corrected chi connectivity index (χ2v) is 8.93. The number of carbonyl (C=O) groups excluding carboxylic acids is 2. The van der Waals surface area contributed by atoms with Crippen molar-refractivity contribution in [2.24, 2.45) is 5.41 Å². The van der Waals surface area contributed by atoms with E-state index in [2.05, 4.69) is 34.9 Å². The molecule has 180 valence electrons. The van der Waals surface area contributed by atoms with Gasteiger partial charge in [0.2, 0.25) is 5.91 Å². The van der Waals surface area contributed by atoms with Crippen molar-refractivity contribution >= 4 is 23.7 Å². The number of anilines is 1. The molecule has 3 aromatic carbocycles. The Morgan fingerprint density at radius 1 is 0.943 bits per heavy atom. The summed E-state index contributed by atoms with van der Waals surface area (Å²) in [5.74, 6) is -1.44. The van der Waals surface area contributed by atoms with Gasteiger partial charge in [-0.1, -0.05) is 61.5 Å². The summed E-state index contributed by atoms with van der Waals surface area (Å²) in [6, 6.07) is 22.3. The zero-order valence-corrected chi connectivity index (χ0v) is 19.7. The number of carboxylic acids is 1. The Bertz CT molecular complexity index is 1230. The van der Waals surface area contributed by atoms with Crippen LogP contribution in [0.5, 0.6) is 0 Å². The van der Waals surface area contributed by atoms with E-state index in [1.54, 1.807) is 19.1 Å². The van der Waals surface area contributed by atoms with E-state index in [4.69, 9.17) is 9.84 Å². The highest BCUT2D eigenvalue weighted by atomic mass is 16.5. The standard InChI is InChI=1S/C28H28N2O5/c1-3-28(2,26(33)30-19-10-8-9-18(15-19)25(31)32)17-29-27(34)35-16-24-22-13-6-4-11-20(22)21-12-5-7-14-23(21)24/h4-15,24H,3,16-17H2,1-2H3,(H,29,34)(H,30,33)(H,31,32). The molecule has 1 aliphatic rings. The van der Waals surface area contributed by atoms with Crippen LogP contribution < -0.4 is 10.6 Å². The Morgan fingerprint density at radius 3 is 2.17 bits per heavy atom. The van der Waals surface area contributed by atoms with Crippen molar-refractivity contribution in [3.05, 3.63) is 89.5 Å². The SMILES string of the molecule is CCC(C)(CNC(=O)OCC1c2ccccc2-c2ccccc21)C(=O)Nc1cccc(C(=O)O)c1. The van der Waals surface area contributed by atoms with Crippen molar-refractivity contribution in [2.75, 3.05) is 18.5 Å². The summed E-state index contributed by atoms with van der Waals surface area (Å²) in [4.78, 5) is 36.7. The van der Waals surface area contributed by atoms with Crippen LogP contribution in [0.3, 0.4) is 0 Å². The first-order chi connectivity index (χ1) is 16.8. The maximum Gasteiger partial charge on any atom is 0.407 e. The molecule has 0 fully saturated rings. The number of aromatic carboxylic acids is 1. The molecule has 1 atom stereocenters. The molecule has 0 aliphatic heterocycles. The summed E-state index contributed by atoms with van der Waals surface area (Å²) >= 11 is 0. The minimum Gasteiger partial charge on any atom is -0.478 e. The van der Waals surface area contributed by atoms with Gasteiger partial charge in [0.05, 0.1) is 11.0 Å². The van der Waals surface area contributed by atoms with Gasteiger partial charge in [0.15, 0.2) is 0 Å². The lowest BCUT2D eigenvalue weighted by atomic mass is 9.86. The Balaban J connectivity index is 1.36. The minimum absolute atomic E-state index is 0.0458. The van der Waals surface area contributed by atoms with E-state index in [-0.39, 0.29) is 30.5 Å². The molecule has 0 saturated heterocycles. The number of rotatable bonds is 8. The summed E-state index contributed by atoms with van der Waals surface area (Å²) in [5, 5.41) is 14.6. The molecule has 4 rings (SSSR count). The Hall–Kier alpha value is -4.13. The highest BCUT2D eigenvalue weighted by Gasteiger charge is 2.33. The molecular weight excluding hydrogens is 444 g/mol. The number of ether oxygens (including phenoxy) is 1. The number of benzene rings is 3. The summed E-state index contributed by atoms with van der Waals surface area (Å²) in [5.41, 5.74) is 4.11. The van der Waals surface area contributed by atoms with E-state index >= 15 is 0 Å². The van der Waals surface area contributed by atoms with Crippen LogP contribution in [0.25, 0.3) is 11.1 Å². The average Bonchev–Trinajstić information content (AvgIpc) is 3.19. The zero-order chi connectivity index (χ0) is 25.0. The van der Waals surface area contributed by atoms with E-state index in [0.29, 0.717) is 12.1 Å². The van der Waals surface area contributed by atoms with Gasteiger partial charge in [-0.15, -0.1) is 0 Å². The van der Waals surface area contributed by atoms with Gasteiger partial charge in [0.25, 0.3) is 0 Å². The van der Waals surface area contributed by atoms with E-state index < -0.39 is 17.5 Å². The van der Waals surface area contributed by atoms with E-state index in [9.17, 15) is 14.4 Å². The minimum atomic E-state index is -1.07. The third-order valence-corrected chi connectivity index (χ3v) is 6.66. The summed E-state index contributed by atoms with van der Waals surface area (Å²) in [7, 11) is 0. The number of nitrogens with one attached hydrogen (secondary N) is 2. The number of hydrogen-bond donors (Lipinski definition) is 3. The van der Waals surface area contributed by atoms with Crippen molar-refractivity contribution < 1.29 is 24.2 Å². The van der Waals surface area contributed by atoms with Crippen LogP contribution in [-0.4, -0.2) is 36.2 Å². The van der Waals surface area contributed by atoms with Crippen LogP contribution >= 0.6 is 0 Å². The van der Waals surface area contributed by atoms with Gasteiger partial charge in [-0.05, 0) is 53.8 Å². The number of fused-ring (bicyclic) bond motifs is 3.